The Morgan fingerprint density at radius 2 is 1.88 bits per heavy atom. The summed E-state index contributed by atoms with van der Waals surface area (Å²) in [5.74, 6) is 1.01. The lowest BCUT2D eigenvalue weighted by Crippen LogP contribution is -2.24. The summed E-state index contributed by atoms with van der Waals surface area (Å²) in [6.45, 7) is 2.52. The zero-order chi connectivity index (χ0) is 11.5. The Labute approximate surface area is 105 Å². The Hall–Kier alpha value is -0.980. The molecule has 1 heterocycles. The molecule has 1 aliphatic carbocycles. The van der Waals surface area contributed by atoms with E-state index >= 15 is 0 Å². The van der Waals surface area contributed by atoms with Crippen LogP contribution in [0.2, 0.25) is 0 Å². The molecule has 1 nitrogen and oxygen atoms in total. The maximum absolute atomic E-state index is 2.60. The van der Waals surface area contributed by atoms with Gasteiger partial charge in [0.15, 0.2) is 0 Å². The highest BCUT2D eigenvalue weighted by Gasteiger charge is 2.20. The van der Waals surface area contributed by atoms with Crippen LogP contribution in [0.1, 0.15) is 44.1 Å². The van der Waals surface area contributed by atoms with Crippen LogP contribution in [0.4, 0.5) is 5.69 Å². The van der Waals surface area contributed by atoms with Gasteiger partial charge in [0.2, 0.25) is 0 Å². The summed E-state index contributed by atoms with van der Waals surface area (Å²) in [5, 5.41) is 0. The fourth-order valence-electron chi connectivity index (χ4n) is 3.45. The van der Waals surface area contributed by atoms with Crippen molar-refractivity contribution >= 4 is 5.69 Å². The van der Waals surface area contributed by atoms with Crippen molar-refractivity contribution in [2.45, 2.75) is 44.9 Å². The third-order valence-corrected chi connectivity index (χ3v) is 4.52. The average molecular weight is 229 g/mol. The number of anilines is 1. The van der Waals surface area contributed by atoms with Gasteiger partial charge in [-0.25, -0.2) is 0 Å². The largest absolute Gasteiger partial charge is 0.371 e. The molecule has 1 aromatic rings. The second-order valence-corrected chi connectivity index (χ2v) is 5.66. The molecule has 0 atom stereocenters. The molecule has 1 aliphatic heterocycles. The van der Waals surface area contributed by atoms with Gasteiger partial charge in [0.05, 0.1) is 0 Å². The predicted octanol–water partition coefficient (Wildman–Crippen LogP) is 4.02. The van der Waals surface area contributed by atoms with Crippen LogP contribution in [-0.4, -0.2) is 13.1 Å². The predicted molar refractivity (Wildman–Crippen MR) is 73.6 cm³/mol. The second-order valence-electron chi connectivity index (χ2n) is 5.66. The summed E-state index contributed by atoms with van der Waals surface area (Å²) >= 11 is 0. The van der Waals surface area contributed by atoms with Gasteiger partial charge in [-0.05, 0) is 30.4 Å². The Kier molecular flexibility index (Phi) is 3.35. The molecule has 0 amide bonds. The summed E-state index contributed by atoms with van der Waals surface area (Å²) in [6.07, 6.45) is 10.0. The van der Waals surface area contributed by atoms with Gasteiger partial charge in [-0.2, -0.15) is 0 Å². The maximum Gasteiger partial charge on any atom is 0.0399 e. The minimum atomic E-state index is 1.01. The minimum Gasteiger partial charge on any atom is -0.371 e. The number of rotatable bonds is 3. The Morgan fingerprint density at radius 1 is 1.06 bits per heavy atom. The molecule has 1 saturated carbocycles. The van der Waals surface area contributed by atoms with Crippen molar-refractivity contribution < 1.29 is 0 Å². The Bertz CT molecular complexity index is 366. The van der Waals surface area contributed by atoms with Crippen molar-refractivity contribution in [2.75, 3.05) is 18.0 Å². The number of fused-ring (bicyclic) bond motifs is 1. The van der Waals surface area contributed by atoms with E-state index in [0.717, 1.165) is 5.92 Å². The van der Waals surface area contributed by atoms with E-state index in [4.69, 9.17) is 0 Å². The summed E-state index contributed by atoms with van der Waals surface area (Å²) in [6, 6.07) is 8.93. The van der Waals surface area contributed by atoms with Crippen molar-refractivity contribution in [3.63, 3.8) is 0 Å². The number of nitrogens with zero attached hydrogens (tertiary/aromatic N) is 1. The molecule has 0 spiro atoms. The van der Waals surface area contributed by atoms with Gasteiger partial charge in [0.25, 0.3) is 0 Å². The summed E-state index contributed by atoms with van der Waals surface area (Å²) < 4.78 is 0. The van der Waals surface area contributed by atoms with Gasteiger partial charge in [-0.1, -0.05) is 50.3 Å². The lowest BCUT2D eigenvalue weighted by molar-refractivity contribution is 0.340. The van der Waals surface area contributed by atoms with Crippen LogP contribution in [0.25, 0.3) is 0 Å². The molecule has 1 fully saturated rings. The zero-order valence-corrected chi connectivity index (χ0v) is 10.7. The van der Waals surface area contributed by atoms with E-state index < -0.39 is 0 Å². The summed E-state index contributed by atoms with van der Waals surface area (Å²) in [4.78, 5) is 2.60. The Morgan fingerprint density at radius 3 is 2.76 bits per heavy atom. The van der Waals surface area contributed by atoms with E-state index in [9.17, 15) is 0 Å². The van der Waals surface area contributed by atoms with Gasteiger partial charge in [0.1, 0.15) is 0 Å². The number of benzene rings is 1. The smallest absolute Gasteiger partial charge is 0.0399 e. The SMILES string of the molecule is c1ccc2c(c1)CCN2CCC1CCCCC1. The third-order valence-electron chi connectivity index (χ3n) is 4.52. The molecule has 0 aromatic heterocycles. The molecule has 17 heavy (non-hydrogen) atoms. The van der Waals surface area contributed by atoms with E-state index in [1.807, 2.05) is 0 Å². The molecule has 1 heteroatoms. The monoisotopic (exact) mass is 229 g/mol. The van der Waals surface area contributed by atoms with E-state index in [1.54, 1.807) is 5.56 Å². The number of hydrogen-bond donors (Lipinski definition) is 0. The molecule has 0 saturated heterocycles. The van der Waals surface area contributed by atoms with Crippen molar-refractivity contribution in [1.82, 2.24) is 0 Å². The lowest BCUT2D eigenvalue weighted by atomic mass is 9.87. The quantitative estimate of drug-likeness (QED) is 0.756. The average Bonchev–Trinajstić information content (AvgIpc) is 2.81. The van der Waals surface area contributed by atoms with Crippen molar-refractivity contribution in [3.05, 3.63) is 29.8 Å². The first-order valence-corrected chi connectivity index (χ1v) is 7.26. The molecule has 92 valence electrons. The summed E-state index contributed by atoms with van der Waals surface area (Å²) in [5.41, 5.74) is 3.06. The standard InChI is InChI=1S/C16H23N/c1-2-6-14(7-3-1)10-12-17-13-11-15-8-4-5-9-16(15)17/h4-5,8-9,14H,1-3,6-7,10-13H2. The molecule has 2 aliphatic rings. The van der Waals surface area contributed by atoms with Crippen LogP contribution in [0, 0.1) is 5.92 Å². The molecule has 3 rings (SSSR count). The van der Waals surface area contributed by atoms with Crippen molar-refractivity contribution in [2.24, 2.45) is 5.92 Å². The second kappa shape index (κ2) is 5.12. The van der Waals surface area contributed by atoms with Crippen LogP contribution >= 0.6 is 0 Å². The van der Waals surface area contributed by atoms with Gasteiger partial charge in [0, 0.05) is 18.8 Å². The molecule has 1 aromatic carbocycles. The Balaban J connectivity index is 1.56. The highest BCUT2D eigenvalue weighted by Crippen LogP contribution is 2.30. The van der Waals surface area contributed by atoms with E-state index in [0.29, 0.717) is 0 Å². The fraction of sp³-hybridized carbons (Fsp3) is 0.625. The summed E-state index contributed by atoms with van der Waals surface area (Å²) in [7, 11) is 0. The van der Waals surface area contributed by atoms with Gasteiger partial charge in [-0.3, -0.25) is 0 Å². The maximum atomic E-state index is 2.60. The minimum absolute atomic E-state index is 1.01. The molecule has 0 N–H and O–H groups in total. The van der Waals surface area contributed by atoms with Gasteiger partial charge in [-0.15, -0.1) is 0 Å². The highest BCUT2D eigenvalue weighted by molar-refractivity contribution is 5.57. The van der Waals surface area contributed by atoms with Gasteiger partial charge < -0.3 is 4.90 Å². The van der Waals surface area contributed by atoms with Crippen LogP contribution in [-0.2, 0) is 6.42 Å². The molecule has 0 bridgehead atoms. The number of para-hydroxylation sites is 1. The highest BCUT2D eigenvalue weighted by atomic mass is 15.1. The first kappa shape index (κ1) is 11.1. The molecular weight excluding hydrogens is 206 g/mol. The lowest BCUT2D eigenvalue weighted by Gasteiger charge is -2.25. The van der Waals surface area contributed by atoms with Crippen LogP contribution in [0.3, 0.4) is 0 Å². The van der Waals surface area contributed by atoms with E-state index in [2.05, 4.69) is 29.2 Å². The zero-order valence-electron chi connectivity index (χ0n) is 10.7. The van der Waals surface area contributed by atoms with Crippen molar-refractivity contribution in [1.29, 1.82) is 0 Å². The van der Waals surface area contributed by atoms with E-state index in [-0.39, 0.29) is 0 Å². The first-order valence-electron chi connectivity index (χ1n) is 7.26. The van der Waals surface area contributed by atoms with Gasteiger partial charge >= 0.3 is 0 Å². The van der Waals surface area contributed by atoms with Crippen molar-refractivity contribution in [3.8, 4) is 0 Å². The first-order chi connectivity index (χ1) is 8.43. The molecule has 0 radical (unpaired) electrons. The normalized spacial score (nSPS) is 20.6. The van der Waals surface area contributed by atoms with Crippen LogP contribution in [0.15, 0.2) is 24.3 Å². The van der Waals surface area contributed by atoms with Crippen LogP contribution in [0.5, 0.6) is 0 Å². The molecular formula is C16H23N. The van der Waals surface area contributed by atoms with Crippen LogP contribution < -0.4 is 4.90 Å². The number of hydrogen-bond acceptors (Lipinski definition) is 1. The molecule has 0 unspecified atom stereocenters. The third kappa shape index (κ3) is 2.48. The fourth-order valence-corrected chi connectivity index (χ4v) is 3.45. The van der Waals surface area contributed by atoms with E-state index in [1.165, 1.54) is 63.7 Å². The topological polar surface area (TPSA) is 3.24 Å².